The van der Waals surface area contributed by atoms with Crippen molar-refractivity contribution in [2.75, 3.05) is 0 Å². The van der Waals surface area contributed by atoms with Crippen molar-refractivity contribution in [2.24, 2.45) is 11.4 Å². The molecule has 0 spiro atoms. The van der Waals surface area contributed by atoms with Crippen molar-refractivity contribution in [1.29, 1.82) is 0 Å². The first-order chi connectivity index (χ1) is 5.56. The van der Waals surface area contributed by atoms with Gasteiger partial charge in [-0.2, -0.15) is 13.5 Å². The molecule has 0 aliphatic rings. The maximum atomic E-state index is 10.9. The van der Waals surface area contributed by atoms with E-state index in [1.807, 2.05) is 0 Å². The second-order valence-electron chi connectivity index (χ2n) is 1.99. The number of hydrogen-bond donors (Lipinski definition) is 0. The summed E-state index contributed by atoms with van der Waals surface area (Å²) in [7, 11) is -2.36. The van der Waals surface area contributed by atoms with Crippen molar-refractivity contribution >= 4 is 16.1 Å². The van der Waals surface area contributed by atoms with Gasteiger partial charge >= 0.3 is 10.0 Å². The quantitative estimate of drug-likeness (QED) is 0.459. The Labute approximate surface area is 68.6 Å². The molecule has 0 bridgehead atoms. The monoisotopic (exact) mass is 187 g/mol. The van der Waals surface area contributed by atoms with Crippen LogP contribution in [0.3, 0.4) is 0 Å². The highest BCUT2D eigenvalue weighted by Gasteiger charge is 2.14. The summed E-state index contributed by atoms with van der Waals surface area (Å²) in [6.07, 6.45) is 2.39. The molecule has 1 heterocycles. The molecule has 0 atom stereocenters. The van der Waals surface area contributed by atoms with E-state index < -0.39 is 10.0 Å². The first-order valence-corrected chi connectivity index (χ1v) is 4.34. The minimum atomic E-state index is -3.92. The van der Waals surface area contributed by atoms with Crippen molar-refractivity contribution in [3.05, 3.63) is 12.3 Å². The highest BCUT2D eigenvalue weighted by atomic mass is 32.2. The number of rotatable bonds is 2. The van der Waals surface area contributed by atoms with Crippen LogP contribution in [0.1, 0.15) is 0 Å². The van der Waals surface area contributed by atoms with Gasteiger partial charge in [-0.15, -0.1) is 0 Å². The average Bonchev–Trinajstić information content (AvgIpc) is 2.36. The lowest BCUT2D eigenvalue weighted by Gasteiger charge is -1.87. The van der Waals surface area contributed by atoms with Gasteiger partial charge in [-0.25, -0.2) is 4.79 Å². The Morgan fingerprint density at radius 3 is 2.75 bits per heavy atom. The Kier molecular flexibility index (Phi) is 2.07. The molecule has 12 heavy (non-hydrogen) atoms. The number of carbonyl (C=O) groups excluding carboxylic acids is 1. The van der Waals surface area contributed by atoms with E-state index in [9.17, 15) is 13.2 Å². The summed E-state index contributed by atoms with van der Waals surface area (Å²) in [5, 5.41) is 3.30. The van der Waals surface area contributed by atoms with Crippen molar-refractivity contribution in [3.63, 3.8) is 0 Å². The molecule has 0 aliphatic carbocycles. The van der Waals surface area contributed by atoms with Crippen LogP contribution in [0.4, 0.5) is 0 Å². The van der Waals surface area contributed by atoms with Crippen LogP contribution in [0.25, 0.3) is 0 Å². The molecular weight excluding hydrogens is 182 g/mol. The van der Waals surface area contributed by atoms with Crippen LogP contribution in [0, 0.1) is 0 Å². The highest BCUT2D eigenvalue weighted by molar-refractivity contribution is 7.90. The summed E-state index contributed by atoms with van der Waals surface area (Å²) in [6.45, 7) is 0. The zero-order valence-electron chi connectivity index (χ0n) is 6.13. The maximum absolute atomic E-state index is 10.9. The van der Waals surface area contributed by atoms with E-state index in [4.69, 9.17) is 0 Å². The molecule has 6 nitrogen and oxygen atoms in total. The van der Waals surface area contributed by atoms with Crippen LogP contribution < -0.4 is 0 Å². The lowest BCUT2D eigenvalue weighted by atomic mass is 10.7. The number of aryl methyl sites for hydroxylation is 1. The predicted molar refractivity (Wildman–Crippen MR) is 38.5 cm³/mol. The van der Waals surface area contributed by atoms with Crippen molar-refractivity contribution in [2.45, 2.75) is 5.03 Å². The topological polar surface area (TPSA) is 81.4 Å². The van der Waals surface area contributed by atoms with Crippen LogP contribution in [0.2, 0.25) is 0 Å². The Hall–Kier alpha value is -1.46. The molecular formula is C5H5N3O3S. The molecule has 0 amide bonds. The van der Waals surface area contributed by atoms with Crippen LogP contribution >= 0.6 is 0 Å². The lowest BCUT2D eigenvalue weighted by molar-refractivity contribution is 0.562. The van der Waals surface area contributed by atoms with Crippen LogP contribution in [0.15, 0.2) is 21.7 Å². The van der Waals surface area contributed by atoms with Gasteiger partial charge in [-0.3, -0.25) is 4.68 Å². The Bertz CT molecular complexity index is 427. The fourth-order valence-electron chi connectivity index (χ4n) is 0.627. The van der Waals surface area contributed by atoms with E-state index in [1.165, 1.54) is 16.9 Å². The molecule has 0 saturated heterocycles. The molecule has 0 aliphatic heterocycles. The number of isocyanates is 1. The lowest BCUT2D eigenvalue weighted by Crippen LogP contribution is -1.98. The third-order valence-electron chi connectivity index (χ3n) is 1.11. The van der Waals surface area contributed by atoms with Gasteiger partial charge in [-0.1, -0.05) is 4.40 Å². The van der Waals surface area contributed by atoms with Gasteiger partial charge in [0.2, 0.25) is 0 Å². The summed E-state index contributed by atoms with van der Waals surface area (Å²) in [5.74, 6) is 0. The van der Waals surface area contributed by atoms with E-state index >= 15 is 0 Å². The molecule has 1 aromatic rings. The number of aromatic nitrogens is 2. The third kappa shape index (κ3) is 1.58. The zero-order valence-corrected chi connectivity index (χ0v) is 6.95. The summed E-state index contributed by atoms with van der Waals surface area (Å²) >= 11 is 0. The SMILES string of the molecule is Cn1ccc(S(=O)(=O)N=C=O)n1. The maximum Gasteiger partial charge on any atom is 0.311 e. The van der Waals surface area contributed by atoms with Crippen molar-refractivity contribution in [3.8, 4) is 0 Å². The Morgan fingerprint density at radius 2 is 2.33 bits per heavy atom. The first kappa shape index (κ1) is 8.63. The highest BCUT2D eigenvalue weighted by Crippen LogP contribution is 2.06. The zero-order chi connectivity index (χ0) is 9.19. The van der Waals surface area contributed by atoms with Gasteiger partial charge in [0.1, 0.15) is 0 Å². The van der Waals surface area contributed by atoms with E-state index in [0.717, 1.165) is 6.08 Å². The molecule has 1 aromatic heterocycles. The van der Waals surface area contributed by atoms with Crippen LogP contribution in [0.5, 0.6) is 0 Å². The van der Waals surface area contributed by atoms with Gasteiger partial charge in [-0.05, 0) is 6.07 Å². The molecule has 0 unspecified atom stereocenters. The largest absolute Gasteiger partial charge is 0.311 e. The molecule has 64 valence electrons. The van der Waals surface area contributed by atoms with Crippen LogP contribution in [-0.2, 0) is 21.9 Å². The van der Waals surface area contributed by atoms with Gasteiger partial charge in [0.05, 0.1) is 0 Å². The Morgan fingerprint density at radius 1 is 1.67 bits per heavy atom. The molecule has 0 N–H and O–H groups in total. The molecule has 7 heteroatoms. The number of sulfonamides is 1. The second-order valence-corrected chi connectivity index (χ2v) is 3.54. The van der Waals surface area contributed by atoms with E-state index in [2.05, 4.69) is 9.50 Å². The molecule has 0 fully saturated rings. The van der Waals surface area contributed by atoms with Crippen molar-refractivity contribution in [1.82, 2.24) is 9.78 Å². The predicted octanol–water partition coefficient (Wildman–Crippen LogP) is -0.555. The van der Waals surface area contributed by atoms with E-state index in [1.54, 1.807) is 7.05 Å². The fraction of sp³-hybridized carbons (Fsp3) is 0.200. The van der Waals surface area contributed by atoms with Gasteiger partial charge in [0.15, 0.2) is 5.03 Å². The summed E-state index contributed by atoms with van der Waals surface area (Å²) in [6, 6.07) is 1.25. The molecule has 0 aromatic carbocycles. The van der Waals surface area contributed by atoms with Gasteiger partial charge in [0.25, 0.3) is 6.08 Å². The average molecular weight is 187 g/mol. The van der Waals surface area contributed by atoms with E-state index in [0.29, 0.717) is 0 Å². The summed E-state index contributed by atoms with van der Waals surface area (Å²) < 4.78 is 25.8. The number of nitrogens with zero attached hydrogens (tertiary/aromatic N) is 3. The molecule has 0 radical (unpaired) electrons. The minimum Gasteiger partial charge on any atom is -0.274 e. The Balaban J connectivity index is 3.23. The van der Waals surface area contributed by atoms with Gasteiger partial charge in [0, 0.05) is 13.2 Å². The smallest absolute Gasteiger partial charge is 0.274 e. The summed E-state index contributed by atoms with van der Waals surface area (Å²) in [5.41, 5.74) is 0. The minimum absolute atomic E-state index is 0.256. The van der Waals surface area contributed by atoms with E-state index in [-0.39, 0.29) is 5.03 Å². The number of hydrogen-bond acceptors (Lipinski definition) is 4. The molecule has 1 rings (SSSR count). The third-order valence-corrected chi connectivity index (χ3v) is 2.17. The first-order valence-electron chi connectivity index (χ1n) is 2.90. The normalized spacial score (nSPS) is 10.8. The van der Waals surface area contributed by atoms with Crippen molar-refractivity contribution < 1.29 is 13.2 Å². The molecule has 0 saturated carbocycles. The second kappa shape index (κ2) is 2.88. The standard InChI is InChI=1S/C5H5N3O3S/c1-8-3-2-5(7-8)12(10,11)6-4-9/h2-3H,1H3. The summed E-state index contributed by atoms with van der Waals surface area (Å²) in [4.78, 5) is 9.70. The fourth-order valence-corrected chi connectivity index (χ4v) is 1.28. The van der Waals surface area contributed by atoms with Crippen LogP contribution in [-0.4, -0.2) is 24.3 Å². The van der Waals surface area contributed by atoms with Gasteiger partial charge < -0.3 is 0 Å².